The molecule has 0 spiro atoms. The Kier molecular flexibility index (Phi) is 8.22. The summed E-state index contributed by atoms with van der Waals surface area (Å²) in [5.74, 6) is -1.53. The highest BCUT2D eigenvalue weighted by Crippen LogP contribution is 2.25. The van der Waals surface area contributed by atoms with Crippen LogP contribution in [0.3, 0.4) is 0 Å². The Labute approximate surface area is 189 Å². The molecule has 3 rings (SSSR count). The molecule has 2 aliphatic rings. The molecule has 0 aliphatic carbocycles. The molecule has 2 saturated heterocycles. The van der Waals surface area contributed by atoms with Crippen molar-refractivity contribution in [1.82, 2.24) is 20.0 Å². The van der Waals surface area contributed by atoms with Crippen molar-refractivity contribution in [3.63, 3.8) is 0 Å². The van der Waals surface area contributed by atoms with Crippen LogP contribution >= 0.6 is 0 Å². The summed E-state index contributed by atoms with van der Waals surface area (Å²) in [4.78, 5) is 57.0. The highest BCUT2D eigenvalue weighted by Gasteiger charge is 2.44. The molecule has 2 amide bonds. The van der Waals surface area contributed by atoms with Gasteiger partial charge in [-0.2, -0.15) is 5.10 Å². The normalized spacial score (nSPS) is 19.3. The van der Waals surface area contributed by atoms with Gasteiger partial charge in [-0.05, 0) is 32.8 Å². The van der Waals surface area contributed by atoms with Gasteiger partial charge in [0.1, 0.15) is 6.61 Å². The predicted molar refractivity (Wildman–Crippen MR) is 111 cm³/mol. The third-order valence-corrected chi connectivity index (χ3v) is 5.22. The first-order valence-electron chi connectivity index (χ1n) is 10.7. The van der Waals surface area contributed by atoms with Crippen LogP contribution in [0.4, 0.5) is 4.79 Å². The molecular formula is C20H27N5O8. The van der Waals surface area contributed by atoms with E-state index in [2.05, 4.69) is 15.4 Å². The van der Waals surface area contributed by atoms with Gasteiger partial charge in [0.25, 0.3) is 5.91 Å². The van der Waals surface area contributed by atoms with Crippen LogP contribution in [-0.2, 0) is 33.4 Å². The zero-order valence-corrected chi connectivity index (χ0v) is 18.5. The third kappa shape index (κ3) is 5.79. The Morgan fingerprint density at radius 2 is 1.94 bits per heavy atom. The minimum atomic E-state index is -0.789. The van der Waals surface area contributed by atoms with E-state index in [9.17, 15) is 19.2 Å². The molecule has 2 aliphatic heterocycles. The van der Waals surface area contributed by atoms with Crippen LogP contribution in [0, 0.1) is 0 Å². The van der Waals surface area contributed by atoms with Crippen molar-refractivity contribution < 1.29 is 38.2 Å². The molecule has 0 aromatic carbocycles. The lowest BCUT2D eigenvalue weighted by Gasteiger charge is -2.37. The van der Waals surface area contributed by atoms with Gasteiger partial charge in [0.2, 0.25) is 6.61 Å². The van der Waals surface area contributed by atoms with E-state index in [-0.39, 0.29) is 31.6 Å². The van der Waals surface area contributed by atoms with Gasteiger partial charge in [0, 0.05) is 25.3 Å². The standard InChI is InChI=1S/C20H27N5O8/c1-3-30-16(26)12-33-23-17(14-5-8-21-22-14)18(27)24-9-6-13(7-10-24)25-15(11-32-20(25)29)19(28)31-4-2/h5,8,13,15H,3-4,6-7,9-12H2,1-2H3,(H,21,22)/b23-17+/t15-/m0/s1. The van der Waals surface area contributed by atoms with Crippen molar-refractivity contribution in [3.05, 3.63) is 18.0 Å². The lowest BCUT2D eigenvalue weighted by Crippen LogP contribution is -2.52. The van der Waals surface area contributed by atoms with Gasteiger partial charge in [0.15, 0.2) is 11.8 Å². The number of cyclic esters (lactones) is 1. The van der Waals surface area contributed by atoms with E-state index in [4.69, 9.17) is 19.0 Å². The van der Waals surface area contributed by atoms with Gasteiger partial charge in [-0.3, -0.25) is 14.8 Å². The first kappa shape index (κ1) is 24.0. The Balaban J connectivity index is 1.64. The molecule has 1 aromatic heterocycles. The van der Waals surface area contributed by atoms with Gasteiger partial charge in [-0.15, -0.1) is 0 Å². The number of oxime groups is 1. The van der Waals surface area contributed by atoms with Gasteiger partial charge in [0.05, 0.1) is 18.9 Å². The Hall–Kier alpha value is -3.64. The summed E-state index contributed by atoms with van der Waals surface area (Å²) in [5.41, 5.74) is 0.289. The molecule has 1 atom stereocenters. The fraction of sp³-hybridized carbons (Fsp3) is 0.600. The fourth-order valence-corrected chi connectivity index (χ4v) is 3.70. The number of hydrogen-bond acceptors (Lipinski definition) is 10. The molecule has 3 heterocycles. The second kappa shape index (κ2) is 11.3. The maximum absolute atomic E-state index is 13.1. The lowest BCUT2D eigenvalue weighted by molar-refractivity contribution is -0.149. The van der Waals surface area contributed by atoms with Crippen molar-refractivity contribution in [2.24, 2.45) is 5.16 Å². The number of likely N-dealkylation sites (tertiary alicyclic amines) is 1. The number of esters is 2. The quantitative estimate of drug-likeness (QED) is 0.231. The molecule has 33 heavy (non-hydrogen) atoms. The second-order valence-corrected chi connectivity index (χ2v) is 7.26. The monoisotopic (exact) mass is 465 g/mol. The first-order chi connectivity index (χ1) is 16.0. The van der Waals surface area contributed by atoms with Gasteiger partial charge < -0.3 is 23.9 Å². The molecule has 0 bridgehead atoms. The van der Waals surface area contributed by atoms with E-state index in [1.807, 2.05) is 0 Å². The number of nitrogens with one attached hydrogen (secondary N) is 1. The number of piperidine rings is 1. The van der Waals surface area contributed by atoms with Crippen molar-refractivity contribution in [1.29, 1.82) is 0 Å². The van der Waals surface area contributed by atoms with Crippen LogP contribution in [0.15, 0.2) is 17.4 Å². The molecule has 1 aromatic rings. The van der Waals surface area contributed by atoms with Crippen molar-refractivity contribution in [2.75, 3.05) is 39.5 Å². The van der Waals surface area contributed by atoms with Crippen molar-refractivity contribution >= 4 is 29.7 Å². The number of ether oxygens (including phenoxy) is 3. The largest absolute Gasteiger partial charge is 0.464 e. The summed E-state index contributed by atoms with van der Waals surface area (Å²) >= 11 is 0. The second-order valence-electron chi connectivity index (χ2n) is 7.26. The fourth-order valence-electron chi connectivity index (χ4n) is 3.70. The van der Waals surface area contributed by atoms with Crippen LogP contribution in [0.5, 0.6) is 0 Å². The van der Waals surface area contributed by atoms with Crippen molar-refractivity contribution in [2.45, 2.75) is 38.8 Å². The molecule has 1 N–H and O–H groups in total. The molecule has 13 nitrogen and oxygen atoms in total. The summed E-state index contributed by atoms with van der Waals surface area (Å²) in [6.45, 7) is 3.91. The molecule has 13 heteroatoms. The van der Waals surface area contributed by atoms with Crippen LogP contribution in [-0.4, -0.2) is 101 Å². The van der Waals surface area contributed by atoms with E-state index in [1.165, 1.54) is 11.1 Å². The number of carbonyl (C=O) groups is 4. The minimum absolute atomic E-state index is 0.0415. The number of carbonyl (C=O) groups excluding carboxylic acids is 4. The van der Waals surface area contributed by atoms with Gasteiger partial charge >= 0.3 is 18.0 Å². The van der Waals surface area contributed by atoms with Crippen LogP contribution in [0.25, 0.3) is 0 Å². The van der Waals surface area contributed by atoms with E-state index in [0.29, 0.717) is 31.6 Å². The zero-order chi connectivity index (χ0) is 23.8. The summed E-state index contributed by atoms with van der Waals surface area (Å²) in [6.07, 6.45) is 1.78. The maximum Gasteiger partial charge on any atom is 0.410 e. The van der Waals surface area contributed by atoms with Crippen LogP contribution in [0.1, 0.15) is 32.4 Å². The number of rotatable bonds is 9. The van der Waals surface area contributed by atoms with E-state index in [0.717, 1.165) is 0 Å². The predicted octanol–water partition coefficient (Wildman–Crippen LogP) is 0.0684. The maximum atomic E-state index is 13.1. The highest BCUT2D eigenvalue weighted by molar-refractivity contribution is 6.44. The van der Waals surface area contributed by atoms with E-state index >= 15 is 0 Å². The topological polar surface area (TPSA) is 153 Å². The Morgan fingerprint density at radius 1 is 1.21 bits per heavy atom. The minimum Gasteiger partial charge on any atom is -0.464 e. The van der Waals surface area contributed by atoms with Crippen molar-refractivity contribution in [3.8, 4) is 0 Å². The van der Waals surface area contributed by atoms with Gasteiger partial charge in [-0.25, -0.2) is 14.4 Å². The smallest absolute Gasteiger partial charge is 0.410 e. The molecule has 0 unspecified atom stereocenters. The van der Waals surface area contributed by atoms with Crippen LogP contribution in [0.2, 0.25) is 0 Å². The van der Waals surface area contributed by atoms with E-state index in [1.54, 1.807) is 24.8 Å². The third-order valence-electron chi connectivity index (χ3n) is 5.22. The van der Waals surface area contributed by atoms with E-state index < -0.39 is 36.6 Å². The molecular weight excluding hydrogens is 438 g/mol. The summed E-state index contributed by atoms with van der Waals surface area (Å²) < 4.78 is 14.9. The average Bonchev–Trinajstić information content (AvgIpc) is 3.47. The number of nitrogens with zero attached hydrogens (tertiary/aromatic N) is 4. The molecule has 0 radical (unpaired) electrons. The molecule has 180 valence electrons. The number of H-pyrrole nitrogens is 1. The number of aromatic nitrogens is 2. The number of amides is 2. The lowest BCUT2D eigenvalue weighted by atomic mass is 10.0. The van der Waals surface area contributed by atoms with Crippen LogP contribution < -0.4 is 0 Å². The summed E-state index contributed by atoms with van der Waals surface area (Å²) in [7, 11) is 0. The SMILES string of the molecule is CCOC(=O)CO/N=C(/C(=O)N1CCC(N2C(=O)OC[C@H]2C(=O)OCC)CC1)c1ccn[nH]1. The number of aromatic amines is 1. The number of hydrogen-bond donors (Lipinski definition) is 1. The van der Waals surface area contributed by atoms with Gasteiger partial charge in [-0.1, -0.05) is 5.16 Å². The zero-order valence-electron chi connectivity index (χ0n) is 18.5. The Morgan fingerprint density at radius 3 is 2.58 bits per heavy atom. The average molecular weight is 465 g/mol. The summed E-state index contributed by atoms with van der Waals surface area (Å²) in [5, 5.41) is 10.3. The molecule has 0 saturated carbocycles. The highest BCUT2D eigenvalue weighted by atomic mass is 16.7. The first-order valence-corrected chi connectivity index (χ1v) is 10.7. The summed E-state index contributed by atoms with van der Waals surface area (Å²) in [6, 6.07) is 0.496. The molecule has 2 fully saturated rings. The Bertz CT molecular complexity index is 879.